The molecule has 0 aliphatic carbocycles. The van der Waals surface area contributed by atoms with Gasteiger partial charge in [0.25, 0.3) is 0 Å². The van der Waals surface area contributed by atoms with E-state index in [0.717, 1.165) is 29.9 Å². The predicted octanol–water partition coefficient (Wildman–Crippen LogP) is 4.30. The van der Waals surface area contributed by atoms with E-state index in [4.69, 9.17) is 10.7 Å². The van der Waals surface area contributed by atoms with Crippen molar-refractivity contribution in [3.05, 3.63) is 28.5 Å². The van der Waals surface area contributed by atoms with Crippen LogP contribution in [0.15, 0.2) is 23.0 Å². The molecule has 0 bridgehead atoms. The molecule has 0 saturated carbocycles. The van der Waals surface area contributed by atoms with Crippen molar-refractivity contribution < 1.29 is 0 Å². The van der Waals surface area contributed by atoms with E-state index in [9.17, 15) is 0 Å². The maximum atomic E-state index is 5.60. The van der Waals surface area contributed by atoms with Gasteiger partial charge in [-0.05, 0) is 76.8 Å². The number of nitrogens with two attached hydrogens (primary N) is 1. The summed E-state index contributed by atoms with van der Waals surface area (Å²) in [6.45, 7) is 16.9. The Kier molecular flexibility index (Phi) is 12.2. The number of piperidine rings is 1. The first-order valence-corrected chi connectivity index (χ1v) is 11.9. The first-order chi connectivity index (χ1) is 14.1. The fourth-order valence-electron chi connectivity index (χ4n) is 3.09. The van der Waals surface area contributed by atoms with Gasteiger partial charge in [0.1, 0.15) is 5.84 Å². The zero-order chi connectivity index (χ0) is 22.7. The Labute approximate surface area is 188 Å². The molecule has 1 aromatic rings. The third-order valence-corrected chi connectivity index (χ3v) is 5.69. The number of aromatic nitrogens is 1. The number of aliphatic imine (C=N–C) groups is 1. The molecule has 1 aliphatic rings. The third kappa shape index (κ3) is 10.5. The number of likely N-dealkylation sites (tertiary alicyclic amines) is 1. The summed E-state index contributed by atoms with van der Waals surface area (Å²) >= 11 is 1.56. The van der Waals surface area contributed by atoms with E-state index in [1.807, 2.05) is 21.0 Å². The summed E-state index contributed by atoms with van der Waals surface area (Å²) in [5, 5.41) is 3.32. The van der Waals surface area contributed by atoms with Crippen molar-refractivity contribution in [2.24, 2.45) is 22.6 Å². The van der Waals surface area contributed by atoms with E-state index in [-0.39, 0.29) is 6.04 Å². The Morgan fingerprint density at radius 1 is 1.40 bits per heavy atom. The quantitative estimate of drug-likeness (QED) is 0.493. The van der Waals surface area contributed by atoms with Crippen LogP contribution in [0.3, 0.4) is 0 Å². The van der Waals surface area contributed by atoms with Gasteiger partial charge in [-0.2, -0.15) is 4.37 Å². The van der Waals surface area contributed by atoms with Gasteiger partial charge in [-0.1, -0.05) is 27.7 Å². The molecule has 1 aromatic heterocycles. The van der Waals surface area contributed by atoms with Crippen LogP contribution in [0.1, 0.15) is 65.0 Å². The molecule has 0 radical (unpaired) electrons. The van der Waals surface area contributed by atoms with Gasteiger partial charge in [0.2, 0.25) is 0 Å². The minimum Gasteiger partial charge on any atom is -0.403 e. The van der Waals surface area contributed by atoms with Crippen LogP contribution in [0.2, 0.25) is 0 Å². The Morgan fingerprint density at radius 3 is 2.63 bits per heavy atom. The van der Waals surface area contributed by atoms with Crippen molar-refractivity contribution in [3.63, 3.8) is 0 Å². The fraction of sp³-hybridized carbons (Fsp3) is 0.739. The number of hydrogen-bond donors (Lipinski definition) is 2. The van der Waals surface area contributed by atoms with E-state index in [1.165, 1.54) is 36.5 Å². The van der Waals surface area contributed by atoms with Gasteiger partial charge < -0.3 is 11.1 Å². The molecule has 2 heterocycles. The molecule has 1 aliphatic heterocycles. The molecule has 2 atom stereocenters. The zero-order valence-corrected chi connectivity index (χ0v) is 21.2. The second kappa shape index (κ2) is 13.8. The summed E-state index contributed by atoms with van der Waals surface area (Å²) in [6, 6.07) is 2.39. The lowest BCUT2D eigenvalue weighted by Crippen LogP contribution is -2.41. The molecule has 3 N–H and O–H groups in total. The second-order valence-corrected chi connectivity index (χ2v) is 10.2. The smallest absolute Gasteiger partial charge is 0.118 e. The monoisotopic (exact) mass is 436 g/mol. The van der Waals surface area contributed by atoms with E-state index >= 15 is 0 Å². The molecule has 1 fully saturated rings. The maximum Gasteiger partial charge on any atom is 0.118 e. The predicted molar refractivity (Wildman–Crippen MR) is 132 cm³/mol. The average molecular weight is 437 g/mol. The Hall–Kier alpha value is -1.44. The standard InChI is InChI=1S/C19H34N6S.C4H10/c1-14-7-6-8-25(12-14)13-17-9-18(26-23-17)11-21-19(16(3)24(4)5)22-15(2)10-20;1-4(2)3/h9-10,14,16H,6-8,11-13,20H2,1-5H3,(H,21,22);4H,1-3H3/b15-10-;. The number of nitrogens with one attached hydrogen (secondary N) is 1. The summed E-state index contributed by atoms with van der Waals surface area (Å²) in [6.07, 6.45) is 4.22. The molecule has 2 unspecified atom stereocenters. The summed E-state index contributed by atoms with van der Waals surface area (Å²) in [5.74, 6) is 2.56. The van der Waals surface area contributed by atoms with Gasteiger partial charge in [0.15, 0.2) is 0 Å². The van der Waals surface area contributed by atoms with Gasteiger partial charge in [-0.25, -0.2) is 0 Å². The van der Waals surface area contributed by atoms with Crippen LogP contribution < -0.4 is 11.1 Å². The van der Waals surface area contributed by atoms with Crippen molar-refractivity contribution in [3.8, 4) is 0 Å². The highest BCUT2D eigenvalue weighted by Crippen LogP contribution is 2.19. The van der Waals surface area contributed by atoms with Gasteiger partial charge in [-0.15, -0.1) is 0 Å². The van der Waals surface area contributed by atoms with E-state index < -0.39 is 0 Å². The minimum absolute atomic E-state index is 0.187. The molecular weight excluding hydrogens is 392 g/mol. The Bertz CT molecular complexity index is 662. The van der Waals surface area contributed by atoms with Crippen LogP contribution in [0.25, 0.3) is 0 Å². The normalized spacial score (nSPS) is 19.6. The SMILES string of the molecule is C/C(=C/N)NC(=NCc1cc(CN2CCCC(C)C2)ns1)C(C)N(C)C.CC(C)C. The third-order valence-electron chi connectivity index (χ3n) is 4.89. The van der Waals surface area contributed by atoms with Crippen LogP contribution in [-0.4, -0.2) is 53.2 Å². The molecule has 30 heavy (non-hydrogen) atoms. The van der Waals surface area contributed by atoms with Crippen LogP contribution in [0.5, 0.6) is 0 Å². The summed E-state index contributed by atoms with van der Waals surface area (Å²) in [7, 11) is 4.10. The van der Waals surface area contributed by atoms with Gasteiger partial charge in [0, 0.05) is 29.9 Å². The molecule has 7 heteroatoms. The van der Waals surface area contributed by atoms with Crippen LogP contribution in [0.4, 0.5) is 0 Å². The largest absolute Gasteiger partial charge is 0.403 e. The highest BCUT2D eigenvalue weighted by molar-refractivity contribution is 7.05. The molecular formula is C23H44N6S. The minimum atomic E-state index is 0.187. The van der Waals surface area contributed by atoms with Crippen LogP contribution in [0, 0.1) is 11.8 Å². The highest BCUT2D eigenvalue weighted by Gasteiger charge is 2.17. The molecule has 6 nitrogen and oxygen atoms in total. The first-order valence-electron chi connectivity index (χ1n) is 11.1. The van der Waals surface area contributed by atoms with E-state index in [1.54, 1.807) is 17.7 Å². The lowest BCUT2D eigenvalue weighted by atomic mass is 10.0. The number of nitrogens with zero attached hydrogens (tertiary/aromatic N) is 4. The van der Waals surface area contributed by atoms with Crippen LogP contribution in [-0.2, 0) is 13.1 Å². The Balaban J connectivity index is 0.00000103. The number of amidine groups is 1. The maximum absolute atomic E-state index is 5.60. The topological polar surface area (TPSA) is 69.8 Å². The van der Waals surface area contributed by atoms with Gasteiger partial charge >= 0.3 is 0 Å². The lowest BCUT2D eigenvalue weighted by Gasteiger charge is -2.30. The van der Waals surface area contributed by atoms with Crippen molar-refractivity contribution in [2.45, 2.75) is 73.5 Å². The molecule has 1 saturated heterocycles. The molecule has 0 amide bonds. The number of likely N-dealkylation sites (N-methyl/N-ethyl adjacent to an activating group) is 1. The van der Waals surface area contributed by atoms with Crippen LogP contribution >= 0.6 is 11.5 Å². The van der Waals surface area contributed by atoms with Crippen molar-refractivity contribution >= 4 is 17.4 Å². The van der Waals surface area contributed by atoms with Crippen molar-refractivity contribution in [1.29, 1.82) is 0 Å². The fourth-order valence-corrected chi connectivity index (χ4v) is 3.75. The summed E-state index contributed by atoms with van der Waals surface area (Å²) in [5.41, 5.74) is 7.67. The van der Waals surface area contributed by atoms with E-state index in [2.05, 4.69) is 60.2 Å². The Morgan fingerprint density at radius 2 is 2.07 bits per heavy atom. The van der Waals surface area contributed by atoms with Crippen molar-refractivity contribution in [1.82, 2.24) is 19.5 Å². The molecule has 0 spiro atoms. The molecule has 0 aromatic carbocycles. The number of rotatable bonds is 7. The number of hydrogen-bond acceptors (Lipinski definition) is 6. The molecule has 172 valence electrons. The number of allylic oxidation sites excluding steroid dienone is 1. The van der Waals surface area contributed by atoms with Crippen molar-refractivity contribution in [2.75, 3.05) is 27.2 Å². The van der Waals surface area contributed by atoms with Gasteiger partial charge in [-0.3, -0.25) is 14.8 Å². The second-order valence-electron chi connectivity index (χ2n) is 9.31. The van der Waals surface area contributed by atoms with Gasteiger partial charge in [0.05, 0.1) is 18.3 Å². The lowest BCUT2D eigenvalue weighted by molar-refractivity contribution is 0.175. The van der Waals surface area contributed by atoms with E-state index in [0.29, 0.717) is 6.54 Å². The highest BCUT2D eigenvalue weighted by atomic mass is 32.1. The molecule has 2 rings (SSSR count). The first kappa shape index (κ1) is 26.6. The summed E-state index contributed by atoms with van der Waals surface area (Å²) < 4.78 is 4.64. The average Bonchev–Trinajstić information content (AvgIpc) is 3.11. The zero-order valence-electron chi connectivity index (χ0n) is 20.4. The summed E-state index contributed by atoms with van der Waals surface area (Å²) in [4.78, 5) is 10.6.